The van der Waals surface area contributed by atoms with E-state index in [1.807, 2.05) is 6.92 Å². The molecule has 122 valence electrons. The van der Waals surface area contributed by atoms with Gasteiger partial charge in [-0.3, -0.25) is 24.1 Å². The molecule has 0 spiro atoms. The van der Waals surface area contributed by atoms with E-state index in [-0.39, 0.29) is 17.2 Å². The van der Waals surface area contributed by atoms with Gasteiger partial charge in [0, 0.05) is 6.04 Å². The van der Waals surface area contributed by atoms with Crippen molar-refractivity contribution in [2.24, 2.45) is 0 Å². The van der Waals surface area contributed by atoms with Crippen molar-refractivity contribution < 1.29 is 24.3 Å². The van der Waals surface area contributed by atoms with Crippen LogP contribution in [0.2, 0.25) is 0 Å². The van der Waals surface area contributed by atoms with Gasteiger partial charge in [0.25, 0.3) is 11.8 Å². The number of carbonyl (C=O) groups is 4. The van der Waals surface area contributed by atoms with Crippen LogP contribution in [0.15, 0.2) is 24.3 Å². The smallest absolute Gasteiger partial charge is 0.323 e. The molecule has 1 heterocycles. The predicted molar refractivity (Wildman–Crippen MR) is 80.9 cm³/mol. The number of carboxylic acid groups (broad SMARTS) is 1. The second-order valence-corrected chi connectivity index (χ2v) is 5.41. The Morgan fingerprint density at radius 2 is 1.70 bits per heavy atom. The average molecular weight is 318 g/mol. The minimum atomic E-state index is -1.14. The Kier molecular flexibility index (Phi) is 4.78. The average Bonchev–Trinajstić information content (AvgIpc) is 2.77. The zero-order valence-electron chi connectivity index (χ0n) is 13.0. The number of amides is 3. The van der Waals surface area contributed by atoms with Gasteiger partial charge in [-0.15, -0.1) is 0 Å². The largest absolute Gasteiger partial charge is 0.480 e. The summed E-state index contributed by atoms with van der Waals surface area (Å²) in [5.41, 5.74) is 0.525. The van der Waals surface area contributed by atoms with Crippen molar-refractivity contribution in [2.75, 3.05) is 13.1 Å². The molecule has 1 aliphatic heterocycles. The van der Waals surface area contributed by atoms with E-state index in [1.54, 1.807) is 19.1 Å². The Morgan fingerprint density at radius 1 is 1.17 bits per heavy atom. The van der Waals surface area contributed by atoms with Gasteiger partial charge >= 0.3 is 5.97 Å². The third-order valence-corrected chi connectivity index (χ3v) is 3.92. The highest BCUT2D eigenvalue weighted by atomic mass is 16.4. The summed E-state index contributed by atoms with van der Waals surface area (Å²) in [5, 5.41) is 8.94. The third-order valence-electron chi connectivity index (χ3n) is 3.92. The number of hydrogen-bond donors (Lipinski definition) is 1. The fourth-order valence-electron chi connectivity index (χ4n) is 2.46. The molecular weight excluding hydrogens is 300 g/mol. The summed E-state index contributed by atoms with van der Waals surface area (Å²) >= 11 is 0. The normalized spacial score (nSPS) is 14.6. The lowest BCUT2D eigenvalue weighted by Crippen LogP contribution is -2.48. The lowest BCUT2D eigenvalue weighted by atomic mass is 10.1. The Morgan fingerprint density at radius 3 is 2.13 bits per heavy atom. The van der Waals surface area contributed by atoms with Gasteiger partial charge in [0.05, 0.1) is 11.1 Å². The maximum absolute atomic E-state index is 12.4. The second-order valence-electron chi connectivity index (χ2n) is 5.41. The molecule has 1 aliphatic rings. The summed E-state index contributed by atoms with van der Waals surface area (Å²) in [5.74, 6) is -2.76. The summed E-state index contributed by atoms with van der Waals surface area (Å²) in [6.07, 6.45) is 0.571. The molecule has 3 amide bonds. The number of rotatable bonds is 6. The fraction of sp³-hybridized carbons (Fsp3) is 0.375. The number of nitrogens with zero attached hydrogens (tertiary/aromatic N) is 2. The first-order valence-corrected chi connectivity index (χ1v) is 7.33. The predicted octanol–water partition coefficient (Wildman–Crippen LogP) is 0.994. The van der Waals surface area contributed by atoms with E-state index in [4.69, 9.17) is 5.11 Å². The van der Waals surface area contributed by atoms with E-state index in [2.05, 4.69) is 0 Å². The lowest BCUT2D eigenvalue weighted by molar-refractivity contribution is -0.146. The van der Waals surface area contributed by atoms with Gasteiger partial charge in [0.15, 0.2) is 0 Å². The van der Waals surface area contributed by atoms with Crippen LogP contribution in [-0.2, 0) is 9.59 Å². The van der Waals surface area contributed by atoms with Gasteiger partial charge in [0.2, 0.25) is 5.91 Å². The van der Waals surface area contributed by atoms with Crippen LogP contribution in [0.25, 0.3) is 0 Å². The number of carbonyl (C=O) groups excluding carboxylic acids is 3. The second kappa shape index (κ2) is 6.60. The molecule has 1 aromatic rings. The number of benzene rings is 1. The van der Waals surface area contributed by atoms with Crippen LogP contribution in [0.1, 0.15) is 41.0 Å². The Hall–Kier alpha value is -2.70. The molecule has 7 nitrogen and oxygen atoms in total. The molecule has 0 saturated carbocycles. The number of aliphatic carboxylic acids is 1. The first-order chi connectivity index (χ1) is 10.9. The summed E-state index contributed by atoms with van der Waals surface area (Å²) in [7, 11) is 0. The molecule has 1 aromatic carbocycles. The first kappa shape index (κ1) is 16.7. The zero-order chi connectivity index (χ0) is 17.1. The van der Waals surface area contributed by atoms with Crippen LogP contribution in [0.3, 0.4) is 0 Å². The van der Waals surface area contributed by atoms with Crippen molar-refractivity contribution in [1.82, 2.24) is 9.80 Å². The Bertz CT molecular complexity index is 635. The maximum atomic E-state index is 12.4. The molecule has 0 fully saturated rings. The molecule has 7 heteroatoms. The SMILES string of the molecule is CCC(C)N(CC(=O)O)C(=O)CN1C(=O)c2ccccc2C1=O. The Labute approximate surface area is 133 Å². The molecule has 0 saturated heterocycles. The fourth-order valence-corrected chi connectivity index (χ4v) is 2.46. The van der Waals surface area contributed by atoms with Crippen molar-refractivity contribution >= 4 is 23.7 Å². The molecular formula is C16H18N2O5. The summed E-state index contributed by atoms with van der Waals surface area (Å²) in [4.78, 5) is 49.9. The van der Waals surface area contributed by atoms with Crippen LogP contribution < -0.4 is 0 Å². The van der Waals surface area contributed by atoms with Crippen molar-refractivity contribution in [3.05, 3.63) is 35.4 Å². The molecule has 0 radical (unpaired) electrons. The van der Waals surface area contributed by atoms with E-state index in [0.717, 1.165) is 4.90 Å². The molecule has 0 aliphatic carbocycles. The highest BCUT2D eigenvalue weighted by molar-refractivity contribution is 6.22. The van der Waals surface area contributed by atoms with Crippen LogP contribution in [-0.4, -0.2) is 57.7 Å². The van der Waals surface area contributed by atoms with Gasteiger partial charge < -0.3 is 10.0 Å². The quantitative estimate of drug-likeness (QED) is 0.789. The van der Waals surface area contributed by atoms with Crippen LogP contribution >= 0.6 is 0 Å². The van der Waals surface area contributed by atoms with Crippen LogP contribution in [0.4, 0.5) is 0 Å². The van der Waals surface area contributed by atoms with Crippen molar-refractivity contribution in [2.45, 2.75) is 26.3 Å². The molecule has 0 aromatic heterocycles. The maximum Gasteiger partial charge on any atom is 0.323 e. The number of carboxylic acids is 1. The van der Waals surface area contributed by atoms with E-state index in [9.17, 15) is 19.2 Å². The number of fused-ring (bicyclic) bond motifs is 1. The standard InChI is InChI=1S/C16H18N2O5/c1-3-10(2)17(9-14(20)21)13(19)8-18-15(22)11-6-4-5-7-12(11)16(18)23/h4-7,10H,3,8-9H2,1-2H3,(H,20,21). The van der Waals surface area contributed by atoms with Crippen molar-refractivity contribution in [3.8, 4) is 0 Å². The number of hydrogen-bond acceptors (Lipinski definition) is 4. The minimum absolute atomic E-state index is 0.263. The summed E-state index contributed by atoms with van der Waals surface area (Å²) in [6.45, 7) is 2.64. The van der Waals surface area contributed by atoms with E-state index in [1.165, 1.54) is 17.0 Å². The molecule has 1 unspecified atom stereocenters. The Balaban J connectivity index is 2.18. The van der Waals surface area contributed by atoms with E-state index >= 15 is 0 Å². The van der Waals surface area contributed by atoms with Gasteiger partial charge in [-0.25, -0.2) is 0 Å². The van der Waals surface area contributed by atoms with Crippen LogP contribution in [0, 0.1) is 0 Å². The zero-order valence-corrected chi connectivity index (χ0v) is 13.0. The lowest BCUT2D eigenvalue weighted by Gasteiger charge is -2.28. The van der Waals surface area contributed by atoms with Crippen LogP contribution in [0.5, 0.6) is 0 Å². The molecule has 23 heavy (non-hydrogen) atoms. The van der Waals surface area contributed by atoms with Gasteiger partial charge in [-0.05, 0) is 25.5 Å². The highest BCUT2D eigenvalue weighted by Crippen LogP contribution is 2.22. The van der Waals surface area contributed by atoms with Crippen molar-refractivity contribution in [3.63, 3.8) is 0 Å². The topological polar surface area (TPSA) is 95.0 Å². The van der Waals surface area contributed by atoms with Gasteiger partial charge in [0.1, 0.15) is 13.1 Å². The first-order valence-electron chi connectivity index (χ1n) is 7.33. The molecule has 2 rings (SSSR count). The molecule has 1 N–H and O–H groups in total. The molecule has 0 bridgehead atoms. The summed E-state index contributed by atoms with van der Waals surface area (Å²) in [6, 6.07) is 6.05. The van der Waals surface area contributed by atoms with Gasteiger partial charge in [-0.1, -0.05) is 19.1 Å². The minimum Gasteiger partial charge on any atom is -0.480 e. The van der Waals surface area contributed by atoms with E-state index in [0.29, 0.717) is 6.42 Å². The molecule has 1 atom stereocenters. The van der Waals surface area contributed by atoms with Crippen molar-refractivity contribution in [1.29, 1.82) is 0 Å². The monoisotopic (exact) mass is 318 g/mol. The summed E-state index contributed by atoms with van der Waals surface area (Å²) < 4.78 is 0. The van der Waals surface area contributed by atoms with E-state index < -0.39 is 36.8 Å². The van der Waals surface area contributed by atoms with Gasteiger partial charge in [-0.2, -0.15) is 0 Å². The third kappa shape index (κ3) is 3.23. The number of imide groups is 1. The highest BCUT2D eigenvalue weighted by Gasteiger charge is 2.37.